The fraction of sp³-hybridized carbons (Fsp3) is 0.381. The van der Waals surface area contributed by atoms with E-state index in [0.29, 0.717) is 43.0 Å². The molecular weight excluding hydrogens is 430 g/mol. The molecule has 3 heterocycles. The van der Waals surface area contributed by atoms with Crippen LogP contribution in [0, 0.1) is 0 Å². The third-order valence-corrected chi connectivity index (χ3v) is 6.43. The average molecular weight is 456 g/mol. The molecule has 2 aromatic heterocycles. The van der Waals surface area contributed by atoms with Gasteiger partial charge in [-0.2, -0.15) is 5.10 Å². The van der Waals surface area contributed by atoms with E-state index in [0.717, 1.165) is 22.6 Å². The van der Waals surface area contributed by atoms with Crippen molar-refractivity contribution in [1.29, 1.82) is 0 Å². The Morgan fingerprint density at radius 2 is 2.09 bits per heavy atom. The van der Waals surface area contributed by atoms with Gasteiger partial charge < -0.3 is 24.5 Å². The van der Waals surface area contributed by atoms with Crippen LogP contribution in [0.3, 0.4) is 0 Å². The maximum absolute atomic E-state index is 12.5. The fourth-order valence-corrected chi connectivity index (χ4v) is 5.02. The molecule has 2 N–H and O–H groups in total. The molecule has 0 fully saturated rings. The van der Waals surface area contributed by atoms with Gasteiger partial charge in [0.05, 0.1) is 11.6 Å². The quantitative estimate of drug-likeness (QED) is 0.360. The van der Waals surface area contributed by atoms with Gasteiger partial charge in [0.15, 0.2) is 0 Å². The lowest BCUT2D eigenvalue weighted by Crippen LogP contribution is -2.37. The number of benzene rings is 1. The number of aryl methyl sites for hydroxylation is 1. The summed E-state index contributed by atoms with van der Waals surface area (Å²) in [7, 11) is 3.82. The van der Waals surface area contributed by atoms with E-state index in [1.54, 1.807) is 0 Å². The number of carbonyl (C=O) groups excluding carboxylic acids is 2. The van der Waals surface area contributed by atoms with Crippen LogP contribution in [-0.4, -0.2) is 61.8 Å². The first-order valence-corrected chi connectivity index (χ1v) is 11.8. The Bertz CT molecular complexity index is 1100. The van der Waals surface area contributed by atoms with E-state index in [4.69, 9.17) is 0 Å². The predicted molar refractivity (Wildman–Crippen MR) is 120 cm³/mol. The second kappa shape index (κ2) is 9.53. The number of hydrogen-bond donors (Lipinski definition) is 2. The van der Waals surface area contributed by atoms with Crippen LogP contribution in [0.5, 0.6) is 0 Å². The van der Waals surface area contributed by atoms with Crippen molar-refractivity contribution in [1.82, 2.24) is 30.3 Å². The summed E-state index contributed by atoms with van der Waals surface area (Å²) in [4.78, 5) is 29.0. The SMILES string of the molecule is CN(C)c1c2c(nn1CCC(C=O)NC(=O)c1nnc(Cc3ccccc3)[nH]1)C[S+]([O-])C2. The normalized spacial score (nSPS) is 15.9. The first-order chi connectivity index (χ1) is 15.4. The van der Waals surface area contributed by atoms with Gasteiger partial charge in [-0.3, -0.25) is 4.79 Å². The second-order valence-corrected chi connectivity index (χ2v) is 9.34. The molecule has 0 bridgehead atoms. The molecule has 2 atom stereocenters. The van der Waals surface area contributed by atoms with Crippen LogP contribution in [0.15, 0.2) is 30.3 Å². The number of amides is 1. The van der Waals surface area contributed by atoms with Crippen LogP contribution in [0.1, 0.15) is 39.7 Å². The molecule has 3 aromatic rings. The minimum atomic E-state index is -0.910. The largest absolute Gasteiger partial charge is 0.616 e. The summed E-state index contributed by atoms with van der Waals surface area (Å²) in [5.41, 5.74) is 2.88. The lowest BCUT2D eigenvalue weighted by Gasteiger charge is -2.18. The molecule has 0 radical (unpaired) electrons. The summed E-state index contributed by atoms with van der Waals surface area (Å²) in [6.45, 7) is 0.437. The molecule has 1 amide bonds. The Hall–Kier alpha value is -3.18. The molecule has 1 aromatic carbocycles. The van der Waals surface area contributed by atoms with E-state index >= 15 is 0 Å². The average Bonchev–Trinajstić information content (AvgIpc) is 3.45. The molecule has 1 aliphatic rings. The molecule has 0 aliphatic carbocycles. The van der Waals surface area contributed by atoms with E-state index in [1.807, 2.05) is 54.0 Å². The van der Waals surface area contributed by atoms with Crippen molar-refractivity contribution < 1.29 is 14.1 Å². The van der Waals surface area contributed by atoms with Gasteiger partial charge in [-0.1, -0.05) is 30.3 Å². The van der Waals surface area contributed by atoms with Gasteiger partial charge in [-0.25, -0.2) is 4.68 Å². The first-order valence-electron chi connectivity index (χ1n) is 10.3. The summed E-state index contributed by atoms with van der Waals surface area (Å²) >= 11 is -0.910. The minimum Gasteiger partial charge on any atom is -0.616 e. The maximum Gasteiger partial charge on any atom is 0.289 e. The molecule has 0 saturated carbocycles. The van der Waals surface area contributed by atoms with Crippen LogP contribution < -0.4 is 10.2 Å². The van der Waals surface area contributed by atoms with E-state index in [9.17, 15) is 14.1 Å². The van der Waals surface area contributed by atoms with Crippen molar-refractivity contribution in [2.45, 2.75) is 36.9 Å². The van der Waals surface area contributed by atoms with Crippen molar-refractivity contribution in [2.75, 3.05) is 19.0 Å². The van der Waals surface area contributed by atoms with Crippen LogP contribution in [-0.2, 0) is 40.4 Å². The van der Waals surface area contributed by atoms with Crippen LogP contribution in [0.25, 0.3) is 0 Å². The highest BCUT2D eigenvalue weighted by Gasteiger charge is 2.32. The molecule has 168 valence electrons. The van der Waals surface area contributed by atoms with Gasteiger partial charge in [-0.05, 0) is 23.2 Å². The van der Waals surface area contributed by atoms with E-state index in [-0.39, 0.29) is 5.82 Å². The number of H-pyrrole nitrogens is 1. The van der Waals surface area contributed by atoms with Gasteiger partial charge >= 0.3 is 0 Å². The van der Waals surface area contributed by atoms with Crippen LogP contribution in [0.4, 0.5) is 5.82 Å². The number of aromatic amines is 1. The van der Waals surface area contributed by atoms with Gasteiger partial charge in [0.25, 0.3) is 5.91 Å². The summed E-state index contributed by atoms with van der Waals surface area (Å²) in [6.07, 6.45) is 1.60. The summed E-state index contributed by atoms with van der Waals surface area (Å²) in [5, 5.41) is 15.2. The van der Waals surface area contributed by atoms with Crippen LogP contribution >= 0.6 is 0 Å². The topological polar surface area (TPSA) is 132 Å². The summed E-state index contributed by atoms with van der Waals surface area (Å²) < 4.78 is 13.7. The third kappa shape index (κ3) is 4.83. The Balaban J connectivity index is 1.37. The lowest BCUT2D eigenvalue weighted by molar-refractivity contribution is -0.109. The molecule has 10 nitrogen and oxygen atoms in total. The molecular formula is C21H25N7O3S. The fourth-order valence-electron chi connectivity index (χ4n) is 3.76. The molecule has 11 heteroatoms. The molecule has 0 spiro atoms. The Morgan fingerprint density at radius 3 is 2.81 bits per heavy atom. The number of hydrogen-bond acceptors (Lipinski definition) is 7. The predicted octanol–water partition coefficient (Wildman–Crippen LogP) is 0.808. The first kappa shape index (κ1) is 22.0. The molecule has 2 unspecified atom stereocenters. The van der Waals surface area contributed by atoms with Crippen molar-refractivity contribution in [3.05, 3.63) is 58.8 Å². The summed E-state index contributed by atoms with van der Waals surface area (Å²) in [6, 6.07) is 9.03. The van der Waals surface area contributed by atoms with Gasteiger partial charge in [0.2, 0.25) is 5.82 Å². The van der Waals surface area contributed by atoms with Gasteiger partial charge in [-0.15, -0.1) is 10.2 Å². The number of fused-ring (bicyclic) bond motifs is 1. The molecule has 32 heavy (non-hydrogen) atoms. The zero-order chi connectivity index (χ0) is 22.7. The zero-order valence-electron chi connectivity index (χ0n) is 17.9. The van der Waals surface area contributed by atoms with Gasteiger partial charge in [0.1, 0.15) is 35.1 Å². The lowest BCUT2D eigenvalue weighted by atomic mass is 10.1. The van der Waals surface area contributed by atoms with Crippen molar-refractivity contribution in [3.8, 4) is 0 Å². The third-order valence-electron chi connectivity index (χ3n) is 5.23. The highest BCUT2D eigenvalue weighted by atomic mass is 32.2. The van der Waals surface area contributed by atoms with Crippen molar-refractivity contribution in [3.63, 3.8) is 0 Å². The minimum absolute atomic E-state index is 0.0670. The Labute approximate surface area is 188 Å². The number of anilines is 1. The van der Waals surface area contributed by atoms with Crippen LogP contribution in [0.2, 0.25) is 0 Å². The smallest absolute Gasteiger partial charge is 0.289 e. The maximum atomic E-state index is 12.5. The standard InChI is InChI=1S/C21H25N7O3S/c1-27(2)21-16-12-32(31)13-17(16)26-28(21)9-8-15(11-29)22-20(30)19-23-18(24-25-19)10-14-6-4-3-5-7-14/h3-7,11,15H,8-10,12-13H2,1-2H3,(H,22,30)(H,23,24,25). The molecule has 4 rings (SSSR count). The zero-order valence-corrected chi connectivity index (χ0v) is 18.8. The van der Waals surface area contributed by atoms with Gasteiger partial charge in [0, 0.05) is 27.1 Å². The van der Waals surface area contributed by atoms with E-state index < -0.39 is 23.1 Å². The Morgan fingerprint density at radius 1 is 1.31 bits per heavy atom. The van der Waals surface area contributed by atoms with Crippen molar-refractivity contribution in [2.24, 2.45) is 0 Å². The highest BCUT2D eigenvalue weighted by molar-refractivity contribution is 7.90. The number of rotatable bonds is 9. The Kier molecular flexibility index (Phi) is 6.56. The number of aldehydes is 1. The van der Waals surface area contributed by atoms with E-state index in [2.05, 4.69) is 25.6 Å². The highest BCUT2D eigenvalue weighted by Crippen LogP contribution is 2.32. The number of aromatic nitrogens is 5. The number of nitrogens with one attached hydrogen (secondary N) is 2. The number of carbonyl (C=O) groups is 2. The second-order valence-electron chi connectivity index (χ2n) is 7.88. The molecule has 0 saturated heterocycles. The summed E-state index contributed by atoms with van der Waals surface area (Å²) in [5.74, 6) is 1.99. The van der Waals surface area contributed by atoms with E-state index in [1.165, 1.54) is 0 Å². The number of nitrogens with zero attached hydrogens (tertiary/aromatic N) is 5. The van der Waals surface area contributed by atoms with Crippen molar-refractivity contribution >= 4 is 29.2 Å². The molecule has 1 aliphatic heterocycles. The monoisotopic (exact) mass is 455 g/mol.